The Labute approximate surface area is 120 Å². The van der Waals surface area contributed by atoms with Crippen LogP contribution in [0, 0.1) is 6.92 Å². The molecule has 1 heterocycles. The van der Waals surface area contributed by atoms with E-state index in [1.807, 2.05) is 12.3 Å². The van der Waals surface area contributed by atoms with Gasteiger partial charge in [-0.15, -0.1) is 0 Å². The van der Waals surface area contributed by atoms with Crippen molar-refractivity contribution in [3.8, 4) is 5.75 Å². The molecular formula is C17H20N2O. The number of ether oxygens (including phenoxy) is 1. The molecule has 3 heteroatoms. The maximum Gasteiger partial charge on any atom is 0.142 e. The van der Waals surface area contributed by atoms with Crippen molar-refractivity contribution >= 4 is 5.69 Å². The van der Waals surface area contributed by atoms with Crippen molar-refractivity contribution in [3.05, 3.63) is 53.3 Å². The molecule has 1 aliphatic carbocycles. The van der Waals surface area contributed by atoms with Crippen molar-refractivity contribution in [3.63, 3.8) is 0 Å². The summed E-state index contributed by atoms with van der Waals surface area (Å²) in [6.45, 7) is 2.07. The molecule has 20 heavy (non-hydrogen) atoms. The highest BCUT2D eigenvalue weighted by Gasteiger charge is 2.21. The van der Waals surface area contributed by atoms with Crippen LogP contribution in [0.25, 0.3) is 0 Å². The lowest BCUT2D eigenvalue weighted by atomic mass is 9.91. The lowest BCUT2D eigenvalue weighted by Crippen LogP contribution is -2.19. The van der Waals surface area contributed by atoms with Crippen LogP contribution in [0.3, 0.4) is 0 Å². The van der Waals surface area contributed by atoms with Crippen LogP contribution in [-0.4, -0.2) is 12.1 Å². The third-order valence-electron chi connectivity index (χ3n) is 3.88. The van der Waals surface area contributed by atoms with Crippen molar-refractivity contribution in [2.45, 2.75) is 32.2 Å². The fourth-order valence-corrected chi connectivity index (χ4v) is 2.86. The number of aryl methyl sites for hydroxylation is 2. The molecule has 1 aromatic heterocycles. The van der Waals surface area contributed by atoms with Gasteiger partial charge in [0.05, 0.1) is 24.5 Å². The van der Waals surface area contributed by atoms with Gasteiger partial charge in [-0.05, 0) is 55.5 Å². The van der Waals surface area contributed by atoms with Gasteiger partial charge in [-0.25, -0.2) is 0 Å². The Morgan fingerprint density at radius 3 is 3.05 bits per heavy atom. The van der Waals surface area contributed by atoms with E-state index in [0.29, 0.717) is 0 Å². The Morgan fingerprint density at radius 2 is 2.20 bits per heavy atom. The highest BCUT2D eigenvalue weighted by atomic mass is 16.5. The van der Waals surface area contributed by atoms with Gasteiger partial charge in [0.1, 0.15) is 5.75 Å². The summed E-state index contributed by atoms with van der Waals surface area (Å²) in [5.74, 6) is 0.896. The summed E-state index contributed by atoms with van der Waals surface area (Å²) in [6.07, 6.45) is 5.32. The van der Waals surface area contributed by atoms with Crippen LogP contribution in [0.4, 0.5) is 5.69 Å². The topological polar surface area (TPSA) is 34.1 Å². The van der Waals surface area contributed by atoms with Crippen LogP contribution in [0.15, 0.2) is 36.5 Å². The number of anilines is 1. The zero-order chi connectivity index (χ0) is 13.9. The number of rotatable bonds is 3. The molecule has 0 saturated carbocycles. The number of benzene rings is 1. The van der Waals surface area contributed by atoms with E-state index in [1.54, 1.807) is 7.11 Å². The minimum Gasteiger partial charge on any atom is -0.495 e. The fourth-order valence-electron chi connectivity index (χ4n) is 2.86. The summed E-state index contributed by atoms with van der Waals surface area (Å²) in [5.41, 5.74) is 4.79. The summed E-state index contributed by atoms with van der Waals surface area (Å²) < 4.78 is 5.47. The summed E-state index contributed by atoms with van der Waals surface area (Å²) in [5, 5.41) is 3.60. The zero-order valence-corrected chi connectivity index (χ0v) is 12.0. The molecule has 1 aromatic carbocycles. The van der Waals surface area contributed by atoms with E-state index >= 15 is 0 Å². The first-order valence-corrected chi connectivity index (χ1v) is 7.13. The molecule has 0 fully saturated rings. The van der Waals surface area contributed by atoms with E-state index in [-0.39, 0.29) is 6.04 Å². The lowest BCUT2D eigenvalue weighted by Gasteiger charge is -2.26. The van der Waals surface area contributed by atoms with Crippen LogP contribution in [-0.2, 0) is 6.42 Å². The minimum atomic E-state index is 0.275. The normalized spacial score (nSPS) is 17.4. The molecule has 1 N–H and O–H groups in total. The average molecular weight is 268 g/mol. The molecular weight excluding hydrogens is 248 g/mol. The van der Waals surface area contributed by atoms with E-state index in [4.69, 9.17) is 4.74 Å². The predicted octanol–water partition coefficient (Wildman–Crippen LogP) is 3.89. The second-order valence-electron chi connectivity index (χ2n) is 5.34. The molecule has 3 rings (SSSR count). The minimum absolute atomic E-state index is 0.275. The van der Waals surface area contributed by atoms with Gasteiger partial charge >= 0.3 is 0 Å². The maximum absolute atomic E-state index is 5.47. The monoisotopic (exact) mass is 268 g/mol. The molecule has 0 spiro atoms. The van der Waals surface area contributed by atoms with E-state index in [0.717, 1.165) is 24.3 Å². The Balaban J connectivity index is 1.89. The van der Waals surface area contributed by atoms with Crippen molar-refractivity contribution in [2.24, 2.45) is 0 Å². The van der Waals surface area contributed by atoms with Crippen LogP contribution < -0.4 is 10.1 Å². The third kappa shape index (κ3) is 2.48. The van der Waals surface area contributed by atoms with Crippen molar-refractivity contribution in [1.82, 2.24) is 4.98 Å². The summed E-state index contributed by atoms with van der Waals surface area (Å²) in [7, 11) is 1.72. The van der Waals surface area contributed by atoms with Gasteiger partial charge in [-0.3, -0.25) is 4.98 Å². The standard InChI is InChI=1S/C17H20N2O/c1-12-8-9-14(16(11-12)20-2)19-15-7-3-5-13-6-4-10-18-17(13)15/h4,6,8-11,15,19H,3,5,7H2,1-2H3. The maximum atomic E-state index is 5.47. The number of nitrogens with zero attached hydrogens (tertiary/aromatic N) is 1. The van der Waals surface area contributed by atoms with Gasteiger partial charge in [0.15, 0.2) is 0 Å². The van der Waals surface area contributed by atoms with E-state index in [2.05, 4.69) is 41.5 Å². The first-order valence-electron chi connectivity index (χ1n) is 7.13. The molecule has 0 amide bonds. The number of aromatic nitrogens is 1. The first-order chi connectivity index (χ1) is 9.78. The number of hydrogen-bond donors (Lipinski definition) is 1. The van der Waals surface area contributed by atoms with Crippen LogP contribution in [0.5, 0.6) is 5.75 Å². The molecule has 2 aromatic rings. The molecule has 0 aliphatic heterocycles. The largest absolute Gasteiger partial charge is 0.495 e. The van der Waals surface area contributed by atoms with E-state index in [9.17, 15) is 0 Å². The fraction of sp³-hybridized carbons (Fsp3) is 0.353. The van der Waals surface area contributed by atoms with Crippen LogP contribution in [0.1, 0.15) is 35.7 Å². The van der Waals surface area contributed by atoms with Gasteiger partial charge in [0.25, 0.3) is 0 Å². The molecule has 1 atom stereocenters. The van der Waals surface area contributed by atoms with Crippen molar-refractivity contribution in [2.75, 3.05) is 12.4 Å². The Morgan fingerprint density at radius 1 is 1.30 bits per heavy atom. The molecule has 1 unspecified atom stereocenters. The Hall–Kier alpha value is -2.03. The summed E-state index contributed by atoms with van der Waals surface area (Å²) in [6, 6.07) is 10.7. The van der Waals surface area contributed by atoms with Crippen molar-refractivity contribution in [1.29, 1.82) is 0 Å². The molecule has 104 valence electrons. The van der Waals surface area contributed by atoms with Gasteiger partial charge < -0.3 is 10.1 Å². The zero-order valence-electron chi connectivity index (χ0n) is 12.0. The number of fused-ring (bicyclic) bond motifs is 1. The summed E-state index contributed by atoms with van der Waals surface area (Å²) >= 11 is 0. The summed E-state index contributed by atoms with van der Waals surface area (Å²) in [4.78, 5) is 4.57. The van der Waals surface area contributed by atoms with Gasteiger partial charge in [0.2, 0.25) is 0 Å². The van der Waals surface area contributed by atoms with E-state index in [1.165, 1.54) is 23.2 Å². The van der Waals surface area contributed by atoms with Gasteiger partial charge in [-0.1, -0.05) is 12.1 Å². The highest BCUT2D eigenvalue weighted by molar-refractivity contribution is 5.59. The quantitative estimate of drug-likeness (QED) is 0.917. The SMILES string of the molecule is COc1cc(C)ccc1NC1CCCc2cccnc21. The molecule has 0 bridgehead atoms. The van der Waals surface area contributed by atoms with E-state index < -0.39 is 0 Å². The molecule has 1 aliphatic rings. The number of nitrogens with one attached hydrogen (secondary N) is 1. The van der Waals surface area contributed by atoms with Gasteiger partial charge in [-0.2, -0.15) is 0 Å². The highest BCUT2D eigenvalue weighted by Crippen LogP contribution is 2.34. The predicted molar refractivity (Wildman–Crippen MR) is 81.3 cm³/mol. The average Bonchev–Trinajstić information content (AvgIpc) is 2.49. The molecule has 0 radical (unpaired) electrons. The lowest BCUT2D eigenvalue weighted by molar-refractivity contribution is 0.415. The third-order valence-corrected chi connectivity index (χ3v) is 3.88. The number of methoxy groups -OCH3 is 1. The number of hydrogen-bond acceptors (Lipinski definition) is 3. The van der Waals surface area contributed by atoms with Gasteiger partial charge in [0, 0.05) is 6.20 Å². The second-order valence-corrected chi connectivity index (χ2v) is 5.34. The Bertz CT molecular complexity index is 610. The smallest absolute Gasteiger partial charge is 0.142 e. The Kier molecular flexibility index (Phi) is 3.59. The molecule has 3 nitrogen and oxygen atoms in total. The van der Waals surface area contributed by atoms with Crippen LogP contribution >= 0.6 is 0 Å². The number of pyridine rings is 1. The first kappa shape index (κ1) is 13.0. The van der Waals surface area contributed by atoms with Crippen LogP contribution in [0.2, 0.25) is 0 Å². The molecule has 0 saturated heterocycles. The van der Waals surface area contributed by atoms with Crippen molar-refractivity contribution < 1.29 is 4.74 Å². The second kappa shape index (κ2) is 5.53.